The zero-order valence-electron chi connectivity index (χ0n) is 13.0. The van der Waals surface area contributed by atoms with E-state index in [0.717, 1.165) is 37.7 Å². The topological polar surface area (TPSA) is 46.6 Å². The molecule has 1 aliphatic carbocycles. The number of ether oxygens (including phenoxy) is 1. The number of fused-ring (bicyclic) bond motifs is 1. The lowest BCUT2D eigenvalue weighted by atomic mass is 9.76. The second-order valence-corrected chi connectivity index (χ2v) is 6.32. The first kappa shape index (κ1) is 15.1. The van der Waals surface area contributed by atoms with Crippen molar-refractivity contribution in [1.82, 2.24) is 4.90 Å². The first-order chi connectivity index (χ1) is 10.7. The molecule has 1 saturated heterocycles. The van der Waals surface area contributed by atoms with Crippen molar-refractivity contribution < 1.29 is 14.3 Å². The zero-order chi connectivity index (χ0) is 15.5. The van der Waals surface area contributed by atoms with Crippen molar-refractivity contribution in [2.24, 2.45) is 5.92 Å². The smallest absolute Gasteiger partial charge is 0.302 e. The van der Waals surface area contributed by atoms with Crippen molar-refractivity contribution in [3.05, 3.63) is 35.9 Å². The third-order valence-electron chi connectivity index (χ3n) is 4.91. The predicted octanol–water partition coefficient (Wildman–Crippen LogP) is 3.02. The molecular weight excluding hydrogens is 278 g/mol. The largest absolute Gasteiger partial charge is 0.462 e. The van der Waals surface area contributed by atoms with Gasteiger partial charge in [-0.25, -0.2) is 0 Å². The third-order valence-corrected chi connectivity index (χ3v) is 4.91. The Balaban J connectivity index is 1.79. The maximum Gasteiger partial charge on any atom is 0.302 e. The molecule has 4 heteroatoms. The molecule has 22 heavy (non-hydrogen) atoms. The fourth-order valence-electron chi connectivity index (χ4n) is 3.97. The van der Waals surface area contributed by atoms with Crippen LogP contribution in [0.5, 0.6) is 0 Å². The minimum absolute atomic E-state index is 0.0253. The summed E-state index contributed by atoms with van der Waals surface area (Å²) in [7, 11) is 0. The molecule has 1 heterocycles. The van der Waals surface area contributed by atoms with Gasteiger partial charge in [0, 0.05) is 37.4 Å². The number of carbonyl (C=O) groups excluding carboxylic acids is 2. The number of hydrogen-bond acceptors (Lipinski definition) is 3. The van der Waals surface area contributed by atoms with E-state index < -0.39 is 0 Å². The van der Waals surface area contributed by atoms with Crippen molar-refractivity contribution in [3.63, 3.8) is 0 Å². The minimum atomic E-state index is -0.211. The van der Waals surface area contributed by atoms with Gasteiger partial charge in [0.1, 0.15) is 6.10 Å². The minimum Gasteiger partial charge on any atom is -0.462 e. The van der Waals surface area contributed by atoms with Crippen LogP contribution in [0.4, 0.5) is 0 Å². The van der Waals surface area contributed by atoms with E-state index in [-0.39, 0.29) is 24.0 Å². The van der Waals surface area contributed by atoms with Gasteiger partial charge in [-0.1, -0.05) is 31.0 Å². The van der Waals surface area contributed by atoms with E-state index >= 15 is 0 Å². The molecule has 0 aromatic heterocycles. The number of likely N-dealkylation sites (tertiary alicyclic amines) is 1. The molecular formula is C18H23NO3. The highest BCUT2D eigenvalue weighted by atomic mass is 16.5. The normalized spacial score (nSPS) is 27.9. The standard InChI is InChI=1S/C18H23NO3/c1-13(20)22-17-11-12-19(16-10-6-5-9-15(16)17)18(21)14-7-3-2-4-8-14/h2-4,7-8,15-17H,5-6,9-12H2,1H3/t15-,16+,17?/m0/s1. The molecule has 3 rings (SSSR count). The number of piperidine rings is 1. The summed E-state index contributed by atoms with van der Waals surface area (Å²) in [4.78, 5) is 26.1. The number of esters is 1. The first-order valence-corrected chi connectivity index (χ1v) is 8.20. The number of rotatable bonds is 2. The van der Waals surface area contributed by atoms with Crippen LogP contribution in [-0.4, -0.2) is 35.5 Å². The molecule has 4 nitrogen and oxygen atoms in total. The van der Waals surface area contributed by atoms with E-state index in [9.17, 15) is 9.59 Å². The van der Waals surface area contributed by atoms with Gasteiger partial charge >= 0.3 is 5.97 Å². The van der Waals surface area contributed by atoms with E-state index in [1.807, 2.05) is 35.2 Å². The molecule has 2 fully saturated rings. The van der Waals surface area contributed by atoms with E-state index in [4.69, 9.17) is 4.74 Å². The van der Waals surface area contributed by atoms with Crippen LogP contribution >= 0.6 is 0 Å². The van der Waals surface area contributed by atoms with Gasteiger partial charge in [-0.05, 0) is 25.0 Å². The van der Waals surface area contributed by atoms with Gasteiger partial charge in [0.05, 0.1) is 0 Å². The summed E-state index contributed by atoms with van der Waals surface area (Å²) in [6.07, 6.45) is 5.09. The van der Waals surface area contributed by atoms with Crippen LogP contribution in [0, 0.1) is 5.92 Å². The Kier molecular flexibility index (Phi) is 4.46. The number of benzene rings is 1. The lowest BCUT2D eigenvalue weighted by molar-refractivity contribution is -0.154. The Labute approximate surface area is 131 Å². The lowest BCUT2D eigenvalue weighted by Crippen LogP contribution is -2.55. The van der Waals surface area contributed by atoms with Crippen molar-refractivity contribution in [2.45, 2.75) is 51.2 Å². The number of nitrogens with zero attached hydrogens (tertiary/aromatic N) is 1. The Morgan fingerprint density at radius 1 is 1.09 bits per heavy atom. The van der Waals surface area contributed by atoms with Gasteiger partial charge in [-0.2, -0.15) is 0 Å². The van der Waals surface area contributed by atoms with E-state index in [0.29, 0.717) is 12.5 Å². The summed E-state index contributed by atoms with van der Waals surface area (Å²) >= 11 is 0. The summed E-state index contributed by atoms with van der Waals surface area (Å²) in [6, 6.07) is 9.68. The van der Waals surface area contributed by atoms with E-state index in [1.54, 1.807) is 0 Å². The predicted molar refractivity (Wildman–Crippen MR) is 83.4 cm³/mol. The van der Waals surface area contributed by atoms with Gasteiger partial charge in [0.25, 0.3) is 5.91 Å². The second-order valence-electron chi connectivity index (χ2n) is 6.32. The fraction of sp³-hybridized carbons (Fsp3) is 0.556. The molecule has 3 atom stereocenters. The highest BCUT2D eigenvalue weighted by Gasteiger charge is 2.42. The molecule has 0 spiro atoms. The molecule has 1 unspecified atom stereocenters. The van der Waals surface area contributed by atoms with Gasteiger partial charge in [0.15, 0.2) is 0 Å². The molecule has 118 valence electrons. The monoisotopic (exact) mass is 301 g/mol. The molecule has 1 aromatic carbocycles. The SMILES string of the molecule is CC(=O)OC1CCN(C(=O)c2ccccc2)[C@@H]2CCCC[C@H]12. The molecule has 0 bridgehead atoms. The molecule has 0 radical (unpaired) electrons. The van der Waals surface area contributed by atoms with Crippen molar-refractivity contribution in [1.29, 1.82) is 0 Å². The number of carbonyl (C=O) groups is 2. The zero-order valence-corrected chi connectivity index (χ0v) is 13.0. The van der Waals surface area contributed by atoms with Crippen LogP contribution in [0.15, 0.2) is 30.3 Å². The Bertz CT molecular complexity index is 543. The van der Waals surface area contributed by atoms with Crippen molar-refractivity contribution >= 4 is 11.9 Å². The number of hydrogen-bond donors (Lipinski definition) is 0. The highest BCUT2D eigenvalue weighted by molar-refractivity contribution is 5.94. The Morgan fingerprint density at radius 3 is 2.55 bits per heavy atom. The van der Waals surface area contributed by atoms with E-state index in [1.165, 1.54) is 6.92 Å². The second kappa shape index (κ2) is 6.51. The van der Waals surface area contributed by atoms with Crippen LogP contribution in [0.3, 0.4) is 0 Å². The fourth-order valence-corrected chi connectivity index (χ4v) is 3.97. The summed E-state index contributed by atoms with van der Waals surface area (Å²) in [5.41, 5.74) is 0.748. The Hall–Kier alpha value is -1.84. The van der Waals surface area contributed by atoms with Crippen LogP contribution in [0.2, 0.25) is 0 Å². The lowest BCUT2D eigenvalue weighted by Gasteiger charge is -2.47. The van der Waals surface area contributed by atoms with Crippen LogP contribution in [0.1, 0.15) is 49.4 Å². The average Bonchev–Trinajstić information content (AvgIpc) is 2.55. The Morgan fingerprint density at radius 2 is 1.82 bits per heavy atom. The van der Waals surface area contributed by atoms with Gasteiger partial charge in [0.2, 0.25) is 0 Å². The highest BCUT2D eigenvalue weighted by Crippen LogP contribution is 2.37. The van der Waals surface area contributed by atoms with Gasteiger partial charge in [-0.3, -0.25) is 9.59 Å². The van der Waals surface area contributed by atoms with Gasteiger partial charge < -0.3 is 9.64 Å². The van der Waals surface area contributed by atoms with Crippen LogP contribution in [0.25, 0.3) is 0 Å². The summed E-state index contributed by atoms with van der Waals surface area (Å²) in [5.74, 6) is 0.190. The van der Waals surface area contributed by atoms with Gasteiger partial charge in [-0.15, -0.1) is 0 Å². The molecule has 1 aliphatic heterocycles. The van der Waals surface area contributed by atoms with E-state index in [2.05, 4.69) is 0 Å². The van der Waals surface area contributed by atoms with Crippen LogP contribution in [-0.2, 0) is 9.53 Å². The first-order valence-electron chi connectivity index (χ1n) is 8.20. The summed E-state index contributed by atoms with van der Waals surface area (Å²) in [5, 5.41) is 0. The quantitative estimate of drug-likeness (QED) is 0.789. The third kappa shape index (κ3) is 3.01. The van der Waals surface area contributed by atoms with Crippen molar-refractivity contribution in [3.8, 4) is 0 Å². The van der Waals surface area contributed by atoms with Crippen molar-refractivity contribution in [2.75, 3.05) is 6.54 Å². The summed E-state index contributed by atoms with van der Waals surface area (Å²) in [6.45, 7) is 2.15. The average molecular weight is 301 g/mol. The summed E-state index contributed by atoms with van der Waals surface area (Å²) < 4.78 is 5.52. The molecule has 1 aromatic rings. The maximum absolute atomic E-state index is 12.8. The molecule has 2 aliphatic rings. The number of amides is 1. The maximum atomic E-state index is 12.8. The molecule has 1 saturated carbocycles. The molecule has 1 amide bonds. The molecule has 0 N–H and O–H groups in total. The van der Waals surface area contributed by atoms with Crippen LogP contribution < -0.4 is 0 Å².